The van der Waals surface area contributed by atoms with Gasteiger partial charge in [0.25, 0.3) is 5.91 Å². The monoisotopic (exact) mass is 602 g/mol. The van der Waals surface area contributed by atoms with Gasteiger partial charge < -0.3 is 18.9 Å². The van der Waals surface area contributed by atoms with Crippen LogP contribution in [0, 0.1) is 21.8 Å². The summed E-state index contributed by atoms with van der Waals surface area (Å²) in [5.74, 6) is 0.726. The van der Waals surface area contributed by atoms with Crippen molar-refractivity contribution in [1.82, 2.24) is 10.4 Å². The van der Waals surface area contributed by atoms with E-state index in [9.17, 15) is 10.1 Å². The van der Waals surface area contributed by atoms with Gasteiger partial charge in [0.05, 0.1) is 36.3 Å². The first kappa shape index (κ1) is 24.8. The van der Waals surface area contributed by atoms with Gasteiger partial charge in [0, 0.05) is 17.1 Å². The molecule has 0 fully saturated rings. The fourth-order valence-corrected chi connectivity index (χ4v) is 3.82. The first-order chi connectivity index (χ1) is 14.9. The van der Waals surface area contributed by atoms with E-state index in [0.717, 1.165) is 3.57 Å². The summed E-state index contributed by atoms with van der Waals surface area (Å²) in [6.07, 6.45) is 1.47. The van der Waals surface area contributed by atoms with E-state index in [0.29, 0.717) is 32.8 Å². The SMILES string of the molecule is COCc1c(Br)c(C)nc(OCC(=O)N/N=C/c2cc(I)c(OC)c(OC)c2)c1C#N. The van der Waals surface area contributed by atoms with Crippen LogP contribution >= 0.6 is 38.5 Å². The number of nitriles is 1. The number of carbonyl (C=O) groups is 1. The minimum absolute atomic E-state index is 0.0591. The summed E-state index contributed by atoms with van der Waals surface area (Å²) < 4.78 is 22.7. The van der Waals surface area contributed by atoms with Gasteiger partial charge in [-0.15, -0.1) is 0 Å². The molecule has 1 aromatic heterocycles. The van der Waals surface area contributed by atoms with E-state index >= 15 is 0 Å². The third-order valence-electron chi connectivity index (χ3n) is 3.97. The van der Waals surface area contributed by atoms with E-state index in [2.05, 4.69) is 54.0 Å². The van der Waals surface area contributed by atoms with Crippen molar-refractivity contribution >= 4 is 50.6 Å². The number of aromatic nitrogens is 1. The lowest BCUT2D eigenvalue weighted by Gasteiger charge is -2.13. The molecular weight excluding hydrogens is 583 g/mol. The minimum atomic E-state index is -0.508. The van der Waals surface area contributed by atoms with Crippen molar-refractivity contribution < 1.29 is 23.7 Å². The lowest BCUT2D eigenvalue weighted by molar-refractivity contribution is -0.123. The number of methoxy groups -OCH3 is 3. The number of amides is 1. The zero-order valence-electron chi connectivity index (χ0n) is 17.3. The Kier molecular flexibility index (Phi) is 9.47. The summed E-state index contributed by atoms with van der Waals surface area (Å²) in [4.78, 5) is 16.4. The van der Waals surface area contributed by atoms with Crippen molar-refractivity contribution in [3.63, 3.8) is 0 Å². The van der Waals surface area contributed by atoms with Crippen molar-refractivity contribution in [2.24, 2.45) is 5.10 Å². The number of halogens is 2. The molecule has 1 heterocycles. The fraction of sp³-hybridized carbons (Fsp3) is 0.300. The van der Waals surface area contributed by atoms with Crippen molar-refractivity contribution in [3.8, 4) is 23.4 Å². The average molecular weight is 603 g/mol. The first-order valence-corrected chi connectivity index (χ1v) is 10.7. The lowest BCUT2D eigenvalue weighted by atomic mass is 10.1. The number of hydrogen-bond donors (Lipinski definition) is 1. The molecule has 2 rings (SSSR count). The average Bonchev–Trinajstić information content (AvgIpc) is 2.75. The Hall–Kier alpha value is -2.43. The van der Waals surface area contributed by atoms with Crippen LogP contribution in [0.5, 0.6) is 17.4 Å². The summed E-state index contributed by atoms with van der Waals surface area (Å²) in [7, 11) is 4.62. The molecule has 0 saturated carbocycles. The van der Waals surface area contributed by atoms with Crippen LogP contribution in [0.15, 0.2) is 21.7 Å². The third-order valence-corrected chi connectivity index (χ3v) is 5.82. The van der Waals surface area contributed by atoms with Crippen LogP contribution in [0.4, 0.5) is 0 Å². The molecule has 0 spiro atoms. The minimum Gasteiger partial charge on any atom is -0.493 e. The van der Waals surface area contributed by atoms with Gasteiger partial charge in [-0.2, -0.15) is 10.4 Å². The third kappa shape index (κ3) is 6.28. The van der Waals surface area contributed by atoms with Gasteiger partial charge in [0.1, 0.15) is 11.6 Å². The number of rotatable bonds is 9. The highest BCUT2D eigenvalue weighted by atomic mass is 127. The van der Waals surface area contributed by atoms with Gasteiger partial charge in [0.2, 0.25) is 5.88 Å². The Morgan fingerprint density at radius 2 is 2.10 bits per heavy atom. The number of hydrogen-bond acceptors (Lipinski definition) is 8. The number of ether oxygens (including phenoxy) is 4. The van der Waals surface area contributed by atoms with Gasteiger partial charge in [-0.05, 0) is 63.1 Å². The second kappa shape index (κ2) is 11.8. The molecule has 0 aliphatic carbocycles. The maximum Gasteiger partial charge on any atom is 0.278 e. The van der Waals surface area contributed by atoms with Crippen LogP contribution in [0.3, 0.4) is 0 Å². The van der Waals surface area contributed by atoms with Gasteiger partial charge in [0.15, 0.2) is 18.1 Å². The highest BCUT2D eigenvalue weighted by molar-refractivity contribution is 14.1. The van der Waals surface area contributed by atoms with Crippen molar-refractivity contribution in [2.45, 2.75) is 13.5 Å². The van der Waals surface area contributed by atoms with E-state index in [-0.39, 0.29) is 24.7 Å². The molecule has 164 valence electrons. The van der Waals surface area contributed by atoms with Crippen LogP contribution in [-0.2, 0) is 16.1 Å². The van der Waals surface area contributed by atoms with Crippen LogP contribution in [0.1, 0.15) is 22.4 Å². The predicted molar refractivity (Wildman–Crippen MR) is 126 cm³/mol. The van der Waals surface area contributed by atoms with Gasteiger partial charge in [-0.25, -0.2) is 10.4 Å². The maximum atomic E-state index is 12.1. The Bertz CT molecular complexity index is 1040. The highest BCUT2D eigenvalue weighted by Crippen LogP contribution is 2.33. The Morgan fingerprint density at radius 3 is 2.71 bits per heavy atom. The molecule has 0 aliphatic heterocycles. The van der Waals surface area contributed by atoms with Crippen LogP contribution in [0.2, 0.25) is 0 Å². The van der Waals surface area contributed by atoms with Gasteiger partial charge >= 0.3 is 0 Å². The molecule has 1 aromatic carbocycles. The molecule has 9 nitrogen and oxygen atoms in total. The van der Waals surface area contributed by atoms with Crippen LogP contribution in [-0.4, -0.2) is 45.0 Å². The molecule has 0 bridgehead atoms. The smallest absolute Gasteiger partial charge is 0.278 e. The van der Waals surface area contributed by atoms with Crippen molar-refractivity contribution in [1.29, 1.82) is 5.26 Å². The summed E-state index contributed by atoms with van der Waals surface area (Å²) in [6, 6.07) is 5.62. The van der Waals surface area contributed by atoms with E-state index in [4.69, 9.17) is 18.9 Å². The lowest BCUT2D eigenvalue weighted by Crippen LogP contribution is -2.25. The molecule has 1 amide bonds. The number of pyridine rings is 1. The molecule has 0 aliphatic rings. The van der Waals surface area contributed by atoms with Gasteiger partial charge in [-0.1, -0.05) is 0 Å². The van der Waals surface area contributed by atoms with E-state index in [1.807, 2.05) is 12.1 Å². The summed E-state index contributed by atoms with van der Waals surface area (Å²) >= 11 is 5.52. The first-order valence-electron chi connectivity index (χ1n) is 8.80. The van der Waals surface area contributed by atoms with Gasteiger partial charge in [-0.3, -0.25) is 4.79 Å². The Labute approximate surface area is 202 Å². The molecule has 0 radical (unpaired) electrons. The summed E-state index contributed by atoms with van der Waals surface area (Å²) in [6.45, 7) is 1.59. The number of carbonyl (C=O) groups excluding carboxylic acids is 1. The zero-order chi connectivity index (χ0) is 23.0. The highest BCUT2D eigenvalue weighted by Gasteiger charge is 2.18. The standard InChI is InChI=1S/C20H20BrIN4O5/c1-11-18(21)14(9-28-2)13(7-23)20(25-11)31-10-17(27)26-24-8-12-5-15(22)19(30-4)16(6-12)29-3/h5-6,8H,9-10H2,1-4H3,(H,26,27)/b24-8+. The van der Waals surface area contributed by atoms with Crippen molar-refractivity contribution in [3.05, 3.63) is 42.6 Å². The molecule has 1 N–H and O–H groups in total. The molecule has 31 heavy (non-hydrogen) atoms. The van der Waals surface area contributed by atoms with E-state index in [1.165, 1.54) is 13.3 Å². The number of nitrogens with zero attached hydrogens (tertiary/aromatic N) is 3. The Balaban J connectivity index is 2.07. The van der Waals surface area contributed by atoms with Crippen LogP contribution in [0.25, 0.3) is 0 Å². The Morgan fingerprint density at radius 1 is 1.35 bits per heavy atom. The fourth-order valence-electron chi connectivity index (χ4n) is 2.57. The number of benzene rings is 1. The quantitative estimate of drug-likeness (QED) is 0.266. The molecular formula is C20H20BrIN4O5. The normalized spacial score (nSPS) is 10.6. The van der Waals surface area contributed by atoms with Crippen molar-refractivity contribution in [2.75, 3.05) is 27.9 Å². The number of hydrazone groups is 1. The second-order valence-electron chi connectivity index (χ2n) is 6.03. The van der Waals surface area contributed by atoms with Crippen LogP contribution < -0.4 is 19.6 Å². The number of nitrogens with one attached hydrogen (secondary N) is 1. The number of aryl methyl sites for hydroxylation is 1. The van der Waals surface area contributed by atoms with E-state index < -0.39 is 5.91 Å². The largest absolute Gasteiger partial charge is 0.493 e. The topological polar surface area (TPSA) is 115 Å². The molecule has 2 aromatic rings. The summed E-state index contributed by atoms with van der Waals surface area (Å²) in [5, 5.41) is 13.4. The molecule has 0 atom stereocenters. The molecule has 11 heteroatoms. The zero-order valence-corrected chi connectivity index (χ0v) is 21.0. The van der Waals surface area contributed by atoms with E-state index in [1.54, 1.807) is 27.2 Å². The predicted octanol–water partition coefficient (Wildman–Crippen LogP) is 3.32. The maximum absolute atomic E-state index is 12.1. The molecule has 0 unspecified atom stereocenters. The molecule has 0 saturated heterocycles. The second-order valence-corrected chi connectivity index (χ2v) is 7.99. The summed E-state index contributed by atoms with van der Waals surface area (Å²) in [5.41, 5.74) is 4.51.